The third kappa shape index (κ3) is 6.92. The number of nitrogens with zero attached hydrogens (tertiary/aromatic N) is 2. The quantitative estimate of drug-likeness (QED) is 0.441. The van der Waals surface area contributed by atoms with Gasteiger partial charge in [-0.25, -0.2) is 5.43 Å². The highest BCUT2D eigenvalue weighted by atomic mass is 79.9. The topological polar surface area (TPSA) is 63.2 Å². The molecule has 1 aliphatic heterocycles. The molecule has 0 atom stereocenters. The molecule has 3 rings (SSSR count). The van der Waals surface area contributed by atoms with Crippen LogP contribution in [-0.2, 0) is 16.1 Å². The van der Waals surface area contributed by atoms with E-state index in [0.29, 0.717) is 26.4 Å². The minimum atomic E-state index is -0.139. The van der Waals surface area contributed by atoms with Crippen molar-refractivity contribution in [3.63, 3.8) is 0 Å². The summed E-state index contributed by atoms with van der Waals surface area (Å²) in [6.45, 7) is 5.71. The first-order valence-corrected chi connectivity index (χ1v) is 10.9. The average molecular weight is 525 g/mol. The number of hydrogen-bond donors (Lipinski definition) is 1. The van der Waals surface area contributed by atoms with E-state index in [1.807, 2.05) is 29.2 Å². The maximum absolute atomic E-state index is 12.0. The zero-order chi connectivity index (χ0) is 20.6. The van der Waals surface area contributed by atoms with Gasteiger partial charge in [0.15, 0.2) is 0 Å². The van der Waals surface area contributed by atoms with Crippen molar-refractivity contribution in [2.24, 2.45) is 5.10 Å². The van der Waals surface area contributed by atoms with Gasteiger partial charge in [0.1, 0.15) is 12.4 Å². The summed E-state index contributed by atoms with van der Waals surface area (Å²) in [4.78, 5) is 14.0. The molecule has 0 unspecified atom stereocenters. The van der Waals surface area contributed by atoms with Gasteiger partial charge in [0.25, 0.3) is 5.91 Å². The van der Waals surface area contributed by atoms with Gasteiger partial charge in [-0.2, -0.15) is 5.10 Å². The largest absolute Gasteiger partial charge is 0.487 e. The smallest absolute Gasteiger partial charge is 0.254 e. The van der Waals surface area contributed by atoms with Gasteiger partial charge in [-0.3, -0.25) is 9.69 Å². The molecule has 2 aromatic rings. The van der Waals surface area contributed by atoms with Gasteiger partial charge in [0.05, 0.1) is 34.9 Å². The zero-order valence-electron chi connectivity index (χ0n) is 16.2. The molecule has 0 saturated carbocycles. The average Bonchev–Trinajstić information content (AvgIpc) is 2.68. The number of nitrogens with one attached hydrogen (secondary N) is 1. The van der Waals surface area contributed by atoms with Crippen LogP contribution in [0.2, 0.25) is 0 Å². The molecule has 0 bridgehead atoms. The molecule has 0 radical (unpaired) electrons. The summed E-state index contributed by atoms with van der Waals surface area (Å²) in [5.41, 5.74) is 5.71. The molecule has 1 heterocycles. The molecular weight excluding hydrogens is 502 g/mol. The van der Waals surface area contributed by atoms with Gasteiger partial charge >= 0.3 is 0 Å². The van der Waals surface area contributed by atoms with Crippen LogP contribution in [0.4, 0.5) is 0 Å². The SMILES string of the molecule is Cc1cccc(COc2c(Br)cc(/C=N/NC(=O)CN3CCOCC3)cc2Br)c1. The Labute approximate surface area is 187 Å². The first-order chi connectivity index (χ1) is 14.0. The Kier molecular flexibility index (Phi) is 8.23. The van der Waals surface area contributed by atoms with Crippen LogP contribution in [-0.4, -0.2) is 49.9 Å². The number of benzene rings is 2. The van der Waals surface area contributed by atoms with Crippen molar-refractivity contribution in [1.82, 2.24) is 10.3 Å². The van der Waals surface area contributed by atoms with Crippen LogP contribution in [0, 0.1) is 6.92 Å². The number of halogens is 2. The van der Waals surface area contributed by atoms with Crippen molar-refractivity contribution in [1.29, 1.82) is 0 Å². The predicted octanol–water partition coefficient (Wildman–Crippen LogP) is 3.88. The number of aryl methyl sites for hydroxylation is 1. The summed E-state index contributed by atoms with van der Waals surface area (Å²) in [7, 11) is 0. The first-order valence-electron chi connectivity index (χ1n) is 9.30. The van der Waals surface area contributed by atoms with Crippen molar-refractivity contribution in [2.75, 3.05) is 32.8 Å². The van der Waals surface area contributed by atoms with Gasteiger partial charge in [-0.1, -0.05) is 29.8 Å². The van der Waals surface area contributed by atoms with Crippen molar-refractivity contribution in [3.05, 3.63) is 62.0 Å². The van der Waals surface area contributed by atoms with E-state index in [-0.39, 0.29) is 5.91 Å². The molecule has 1 fully saturated rings. The lowest BCUT2D eigenvalue weighted by Gasteiger charge is -2.25. The Morgan fingerprint density at radius 3 is 2.66 bits per heavy atom. The third-order valence-corrected chi connectivity index (χ3v) is 5.54. The normalized spacial score (nSPS) is 14.9. The summed E-state index contributed by atoms with van der Waals surface area (Å²) < 4.78 is 12.9. The maximum atomic E-state index is 12.0. The van der Waals surface area contributed by atoms with Crippen LogP contribution in [0.5, 0.6) is 5.75 Å². The molecule has 6 nitrogen and oxygen atoms in total. The zero-order valence-corrected chi connectivity index (χ0v) is 19.3. The van der Waals surface area contributed by atoms with Crippen LogP contribution < -0.4 is 10.2 Å². The number of amides is 1. The van der Waals surface area contributed by atoms with E-state index in [4.69, 9.17) is 9.47 Å². The van der Waals surface area contributed by atoms with Crippen LogP contribution in [0.1, 0.15) is 16.7 Å². The van der Waals surface area contributed by atoms with Crippen LogP contribution in [0.25, 0.3) is 0 Å². The van der Waals surface area contributed by atoms with E-state index in [9.17, 15) is 4.79 Å². The predicted molar refractivity (Wildman–Crippen MR) is 120 cm³/mol. The van der Waals surface area contributed by atoms with Gasteiger partial charge < -0.3 is 9.47 Å². The molecule has 0 aromatic heterocycles. The minimum Gasteiger partial charge on any atom is -0.487 e. The Morgan fingerprint density at radius 1 is 1.24 bits per heavy atom. The fraction of sp³-hybridized carbons (Fsp3) is 0.333. The second kappa shape index (κ2) is 10.9. The van der Waals surface area contributed by atoms with Crippen LogP contribution >= 0.6 is 31.9 Å². The minimum absolute atomic E-state index is 0.139. The van der Waals surface area contributed by atoms with Gasteiger partial charge in [0, 0.05) is 13.1 Å². The first kappa shape index (κ1) is 22.0. The van der Waals surface area contributed by atoms with Crippen molar-refractivity contribution in [3.8, 4) is 5.75 Å². The van der Waals surface area contributed by atoms with Crippen LogP contribution in [0.15, 0.2) is 50.4 Å². The van der Waals surface area contributed by atoms with Crippen LogP contribution in [0.3, 0.4) is 0 Å². The number of hydrogen-bond acceptors (Lipinski definition) is 5. The van der Waals surface area contributed by atoms with Crippen molar-refractivity contribution in [2.45, 2.75) is 13.5 Å². The van der Waals surface area contributed by atoms with E-state index in [1.165, 1.54) is 5.56 Å². The van der Waals surface area contributed by atoms with Crippen molar-refractivity contribution < 1.29 is 14.3 Å². The summed E-state index contributed by atoms with van der Waals surface area (Å²) in [6.07, 6.45) is 1.61. The van der Waals surface area contributed by atoms with Crippen molar-refractivity contribution >= 4 is 44.0 Å². The molecule has 1 saturated heterocycles. The molecule has 1 aliphatic rings. The molecule has 1 amide bonds. The number of carbonyl (C=O) groups excluding carboxylic acids is 1. The van der Waals surface area contributed by atoms with E-state index >= 15 is 0 Å². The highest BCUT2D eigenvalue weighted by Gasteiger charge is 2.13. The van der Waals surface area contributed by atoms with E-state index < -0.39 is 0 Å². The van der Waals surface area contributed by atoms with E-state index in [1.54, 1.807) is 6.21 Å². The van der Waals surface area contributed by atoms with Gasteiger partial charge in [0.2, 0.25) is 0 Å². The summed E-state index contributed by atoms with van der Waals surface area (Å²) in [5.74, 6) is 0.583. The number of rotatable bonds is 7. The molecule has 8 heteroatoms. The molecule has 29 heavy (non-hydrogen) atoms. The number of hydrazone groups is 1. The lowest BCUT2D eigenvalue weighted by Crippen LogP contribution is -2.42. The fourth-order valence-corrected chi connectivity index (χ4v) is 4.38. The van der Waals surface area contributed by atoms with E-state index in [0.717, 1.165) is 38.9 Å². The second-order valence-corrected chi connectivity index (χ2v) is 8.48. The van der Waals surface area contributed by atoms with Gasteiger partial charge in [-0.15, -0.1) is 0 Å². The molecule has 154 valence electrons. The Balaban J connectivity index is 1.55. The number of carbonyl (C=O) groups is 1. The van der Waals surface area contributed by atoms with Gasteiger partial charge in [-0.05, 0) is 62.0 Å². The molecular formula is C21H23Br2N3O3. The lowest BCUT2D eigenvalue weighted by atomic mass is 10.1. The Hall–Kier alpha value is -1.74. The standard InChI is InChI=1S/C21H23Br2N3O3/c1-15-3-2-4-16(9-15)14-29-21-18(22)10-17(11-19(21)23)12-24-25-20(27)13-26-5-7-28-8-6-26/h2-4,9-12H,5-8,13-14H2,1H3,(H,25,27)/b24-12+. The Morgan fingerprint density at radius 2 is 1.97 bits per heavy atom. The Bertz CT molecular complexity index is 860. The molecule has 2 aromatic carbocycles. The third-order valence-electron chi connectivity index (χ3n) is 4.36. The highest BCUT2D eigenvalue weighted by Crippen LogP contribution is 2.35. The molecule has 0 spiro atoms. The molecule has 0 aliphatic carbocycles. The number of morpholine rings is 1. The fourth-order valence-electron chi connectivity index (χ4n) is 2.93. The van der Waals surface area contributed by atoms with E-state index in [2.05, 4.69) is 61.4 Å². The summed E-state index contributed by atoms with van der Waals surface area (Å²) in [6, 6.07) is 12.0. The number of ether oxygens (including phenoxy) is 2. The monoisotopic (exact) mass is 523 g/mol. The summed E-state index contributed by atoms with van der Waals surface area (Å²) >= 11 is 7.10. The highest BCUT2D eigenvalue weighted by molar-refractivity contribution is 9.11. The summed E-state index contributed by atoms with van der Waals surface area (Å²) in [5, 5.41) is 4.06. The maximum Gasteiger partial charge on any atom is 0.254 e. The lowest BCUT2D eigenvalue weighted by molar-refractivity contribution is -0.123. The second-order valence-electron chi connectivity index (χ2n) is 6.77. The molecule has 1 N–H and O–H groups in total.